The van der Waals surface area contributed by atoms with Gasteiger partial charge in [0.2, 0.25) is 6.79 Å². The Labute approximate surface area is 151 Å². The number of thiocarbonyl (C=S) groups is 1. The molecule has 4 rings (SSSR count). The topological polar surface area (TPSA) is 55.0 Å². The molecule has 0 spiro atoms. The molecule has 1 fully saturated rings. The molecule has 0 aromatic heterocycles. The van der Waals surface area contributed by atoms with Gasteiger partial charge in [0, 0.05) is 36.2 Å². The van der Waals surface area contributed by atoms with Crippen molar-refractivity contribution in [3.05, 3.63) is 42.5 Å². The fourth-order valence-electron chi connectivity index (χ4n) is 2.84. The molecule has 7 heteroatoms. The molecular formula is C18H19N3O3S. The molecule has 25 heavy (non-hydrogen) atoms. The minimum Gasteiger partial charge on any atom is -0.454 e. The summed E-state index contributed by atoms with van der Waals surface area (Å²) in [7, 11) is 0. The van der Waals surface area contributed by atoms with Crippen LogP contribution < -0.4 is 25.0 Å². The maximum Gasteiger partial charge on any atom is 0.231 e. The van der Waals surface area contributed by atoms with E-state index in [2.05, 4.69) is 27.7 Å². The zero-order chi connectivity index (χ0) is 17.1. The van der Waals surface area contributed by atoms with Gasteiger partial charge >= 0.3 is 0 Å². The number of fused-ring (bicyclic) bond motifs is 1. The zero-order valence-electron chi connectivity index (χ0n) is 13.7. The van der Waals surface area contributed by atoms with E-state index in [4.69, 9.17) is 26.4 Å². The van der Waals surface area contributed by atoms with E-state index in [0.717, 1.165) is 49.2 Å². The maximum absolute atomic E-state index is 5.39. The Morgan fingerprint density at radius 1 is 0.880 bits per heavy atom. The molecular weight excluding hydrogens is 338 g/mol. The second kappa shape index (κ2) is 7.16. The third-order valence-corrected chi connectivity index (χ3v) is 4.34. The van der Waals surface area contributed by atoms with E-state index in [1.165, 1.54) is 5.69 Å². The average molecular weight is 357 g/mol. The molecule has 0 saturated carbocycles. The lowest BCUT2D eigenvalue weighted by molar-refractivity contribution is 0.122. The van der Waals surface area contributed by atoms with Crippen LogP contribution >= 0.6 is 12.2 Å². The lowest BCUT2D eigenvalue weighted by atomic mass is 10.2. The van der Waals surface area contributed by atoms with E-state index in [9.17, 15) is 0 Å². The van der Waals surface area contributed by atoms with Crippen LogP contribution in [0.3, 0.4) is 0 Å². The quantitative estimate of drug-likeness (QED) is 0.819. The first-order valence-electron chi connectivity index (χ1n) is 8.18. The van der Waals surface area contributed by atoms with Crippen LogP contribution in [0.15, 0.2) is 42.5 Å². The van der Waals surface area contributed by atoms with Crippen molar-refractivity contribution in [3.8, 4) is 11.5 Å². The van der Waals surface area contributed by atoms with Gasteiger partial charge in [0.25, 0.3) is 0 Å². The molecule has 0 bridgehead atoms. The summed E-state index contributed by atoms with van der Waals surface area (Å²) in [5.41, 5.74) is 2.99. The standard InChI is InChI=1S/C18H19N3O3S/c25-18(20-14-3-6-16-17(11-14)24-12-23-16)19-13-1-4-15(5-2-13)21-7-9-22-10-8-21/h1-6,11H,7-10,12H2,(H2,19,20,25). The number of benzene rings is 2. The van der Waals surface area contributed by atoms with Crippen molar-refractivity contribution in [2.75, 3.05) is 48.6 Å². The number of anilines is 3. The molecule has 130 valence electrons. The summed E-state index contributed by atoms with van der Waals surface area (Å²) < 4.78 is 16.1. The monoisotopic (exact) mass is 357 g/mol. The minimum absolute atomic E-state index is 0.261. The van der Waals surface area contributed by atoms with Crippen LogP contribution in [0, 0.1) is 0 Å². The molecule has 0 atom stereocenters. The normalized spacial score (nSPS) is 15.8. The average Bonchev–Trinajstić information content (AvgIpc) is 3.11. The molecule has 2 aliphatic rings. The highest BCUT2D eigenvalue weighted by molar-refractivity contribution is 7.80. The molecule has 0 aliphatic carbocycles. The summed E-state index contributed by atoms with van der Waals surface area (Å²) in [6.07, 6.45) is 0. The fraction of sp³-hybridized carbons (Fsp3) is 0.278. The van der Waals surface area contributed by atoms with Crippen LogP contribution in [0.5, 0.6) is 11.5 Å². The van der Waals surface area contributed by atoms with Crippen LogP contribution in [0.4, 0.5) is 17.1 Å². The Bertz CT molecular complexity index is 761. The predicted octanol–water partition coefficient (Wildman–Crippen LogP) is 3.06. The highest BCUT2D eigenvalue weighted by Crippen LogP contribution is 2.34. The van der Waals surface area contributed by atoms with Crippen LogP contribution in [0.1, 0.15) is 0 Å². The van der Waals surface area contributed by atoms with Gasteiger partial charge in [-0.25, -0.2) is 0 Å². The van der Waals surface area contributed by atoms with Crippen molar-refractivity contribution in [1.82, 2.24) is 0 Å². The fourth-order valence-corrected chi connectivity index (χ4v) is 3.08. The number of hydrogen-bond donors (Lipinski definition) is 2. The van der Waals surface area contributed by atoms with Gasteiger partial charge < -0.3 is 29.7 Å². The van der Waals surface area contributed by atoms with Gasteiger partial charge in [0.15, 0.2) is 16.6 Å². The van der Waals surface area contributed by atoms with Gasteiger partial charge in [0.1, 0.15) is 0 Å². The second-order valence-corrected chi connectivity index (χ2v) is 6.20. The highest BCUT2D eigenvalue weighted by Gasteiger charge is 2.14. The molecule has 1 saturated heterocycles. The van der Waals surface area contributed by atoms with Crippen LogP contribution in [-0.2, 0) is 4.74 Å². The van der Waals surface area contributed by atoms with Gasteiger partial charge in [-0.2, -0.15) is 0 Å². The predicted molar refractivity (Wildman–Crippen MR) is 102 cm³/mol. The third-order valence-electron chi connectivity index (χ3n) is 4.13. The molecule has 2 aromatic rings. The number of rotatable bonds is 3. The lowest BCUT2D eigenvalue weighted by Crippen LogP contribution is -2.36. The first kappa shape index (κ1) is 16.0. The zero-order valence-corrected chi connectivity index (χ0v) is 14.5. The van der Waals surface area contributed by atoms with Crippen LogP contribution in [0.25, 0.3) is 0 Å². The number of hydrogen-bond acceptors (Lipinski definition) is 5. The number of nitrogens with zero attached hydrogens (tertiary/aromatic N) is 1. The Balaban J connectivity index is 1.35. The van der Waals surface area contributed by atoms with Gasteiger partial charge in [-0.1, -0.05) is 0 Å². The Hall–Kier alpha value is -2.51. The summed E-state index contributed by atoms with van der Waals surface area (Å²) in [4.78, 5) is 2.32. The Morgan fingerprint density at radius 2 is 1.56 bits per heavy atom. The van der Waals surface area contributed by atoms with E-state index < -0.39 is 0 Å². The van der Waals surface area contributed by atoms with E-state index in [1.807, 2.05) is 30.3 Å². The molecule has 2 heterocycles. The smallest absolute Gasteiger partial charge is 0.231 e. The van der Waals surface area contributed by atoms with Crippen molar-refractivity contribution >= 4 is 34.4 Å². The van der Waals surface area contributed by atoms with E-state index in [0.29, 0.717) is 5.11 Å². The van der Waals surface area contributed by atoms with Crippen LogP contribution in [-0.4, -0.2) is 38.2 Å². The first-order valence-corrected chi connectivity index (χ1v) is 8.59. The Morgan fingerprint density at radius 3 is 2.36 bits per heavy atom. The van der Waals surface area contributed by atoms with Crippen LogP contribution in [0.2, 0.25) is 0 Å². The number of morpholine rings is 1. The molecule has 0 amide bonds. The highest BCUT2D eigenvalue weighted by atomic mass is 32.1. The second-order valence-electron chi connectivity index (χ2n) is 5.79. The molecule has 2 N–H and O–H groups in total. The molecule has 6 nitrogen and oxygen atoms in total. The van der Waals surface area contributed by atoms with Gasteiger partial charge in [0.05, 0.1) is 13.2 Å². The van der Waals surface area contributed by atoms with E-state index in [-0.39, 0.29) is 6.79 Å². The van der Waals surface area contributed by atoms with E-state index in [1.54, 1.807) is 0 Å². The molecule has 2 aliphatic heterocycles. The maximum atomic E-state index is 5.39. The molecule has 2 aromatic carbocycles. The number of ether oxygens (including phenoxy) is 3. The largest absolute Gasteiger partial charge is 0.454 e. The Kier molecular flexibility index (Phi) is 4.58. The summed E-state index contributed by atoms with van der Waals surface area (Å²) in [6, 6.07) is 13.9. The van der Waals surface area contributed by atoms with Gasteiger partial charge in [-0.15, -0.1) is 0 Å². The van der Waals surface area contributed by atoms with Crippen molar-refractivity contribution in [1.29, 1.82) is 0 Å². The minimum atomic E-state index is 0.261. The van der Waals surface area contributed by atoms with Gasteiger partial charge in [-0.3, -0.25) is 0 Å². The summed E-state index contributed by atoms with van der Waals surface area (Å²) in [5, 5.41) is 6.88. The molecule has 0 unspecified atom stereocenters. The summed E-state index contributed by atoms with van der Waals surface area (Å²) in [6.45, 7) is 3.68. The SMILES string of the molecule is S=C(Nc1ccc(N2CCOCC2)cc1)Nc1ccc2c(c1)OCO2. The first-order chi connectivity index (χ1) is 12.3. The van der Waals surface area contributed by atoms with Gasteiger partial charge in [-0.05, 0) is 48.6 Å². The third kappa shape index (κ3) is 3.78. The summed E-state index contributed by atoms with van der Waals surface area (Å²) >= 11 is 5.38. The summed E-state index contributed by atoms with van der Waals surface area (Å²) in [5.74, 6) is 1.48. The van der Waals surface area contributed by atoms with E-state index >= 15 is 0 Å². The van der Waals surface area contributed by atoms with Crippen molar-refractivity contribution in [2.45, 2.75) is 0 Å². The van der Waals surface area contributed by atoms with Crippen molar-refractivity contribution in [3.63, 3.8) is 0 Å². The molecule has 0 radical (unpaired) electrons. The lowest BCUT2D eigenvalue weighted by Gasteiger charge is -2.29. The van der Waals surface area contributed by atoms with Crippen molar-refractivity contribution < 1.29 is 14.2 Å². The number of nitrogens with one attached hydrogen (secondary N) is 2. The van der Waals surface area contributed by atoms with Crippen molar-refractivity contribution in [2.24, 2.45) is 0 Å².